The van der Waals surface area contributed by atoms with Gasteiger partial charge >= 0.3 is 0 Å². The Balaban J connectivity index is 1.46. The third-order valence-corrected chi connectivity index (χ3v) is 5.17. The number of nitrogens with one attached hydrogen (secondary N) is 2. The van der Waals surface area contributed by atoms with E-state index in [9.17, 15) is 10.1 Å². The Morgan fingerprint density at radius 1 is 1.33 bits per heavy atom. The van der Waals surface area contributed by atoms with Gasteiger partial charge in [-0.25, -0.2) is 4.98 Å². The lowest BCUT2D eigenvalue weighted by molar-refractivity contribution is -0.132. The van der Waals surface area contributed by atoms with Crippen LogP contribution in [0.4, 0.5) is 0 Å². The highest BCUT2D eigenvalue weighted by Crippen LogP contribution is 2.37. The van der Waals surface area contributed by atoms with Crippen LogP contribution < -0.4 is 15.4 Å². The first-order valence-electron chi connectivity index (χ1n) is 9.85. The van der Waals surface area contributed by atoms with Crippen molar-refractivity contribution in [2.75, 3.05) is 19.7 Å². The number of aromatic nitrogens is 1. The van der Waals surface area contributed by atoms with Crippen molar-refractivity contribution >= 4 is 5.91 Å². The number of nitrogens with zero attached hydrogens (tertiary/aromatic N) is 3. The summed E-state index contributed by atoms with van der Waals surface area (Å²) in [5.74, 6) is 0.367. The van der Waals surface area contributed by atoms with Gasteiger partial charge in [-0.3, -0.25) is 4.79 Å². The average molecular weight is 403 g/mol. The summed E-state index contributed by atoms with van der Waals surface area (Å²) in [5, 5.41) is 24.5. The minimum atomic E-state index is -0.654. The van der Waals surface area contributed by atoms with Crippen LogP contribution >= 0.6 is 0 Å². The van der Waals surface area contributed by atoms with Gasteiger partial charge in [-0.1, -0.05) is 18.2 Å². The van der Waals surface area contributed by atoms with Gasteiger partial charge in [0.15, 0.2) is 0 Å². The van der Waals surface area contributed by atoms with E-state index in [1.807, 2.05) is 24.3 Å². The first kappa shape index (κ1) is 19.8. The summed E-state index contributed by atoms with van der Waals surface area (Å²) in [6.45, 7) is 2.16. The van der Waals surface area contributed by atoms with Crippen LogP contribution in [-0.4, -0.2) is 42.7 Å². The molecule has 8 heteroatoms. The molecule has 2 aromatic rings. The van der Waals surface area contributed by atoms with Crippen molar-refractivity contribution in [3.63, 3.8) is 0 Å². The van der Waals surface area contributed by atoms with Crippen molar-refractivity contribution in [2.45, 2.75) is 31.6 Å². The van der Waals surface area contributed by atoms with Crippen molar-refractivity contribution < 1.29 is 14.3 Å². The van der Waals surface area contributed by atoms with E-state index in [2.05, 4.69) is 21.7 Å². The molecule has 1 saturated heterocycles. The summed E-state index contributed by atoms with van der Waals surface area (Å²) in [6, 6.07) is 11.0. The first-order valence-corrected chi connectivity index (χ1v) is 9.85. The van der Waals surface area contributed by atoms with E-state index in [1.165, 1.54) is 0 Å². The Bertz CT molecular complexity index is 1030. The van der Waals surface area contributed by atoms with E-state index >= 15 is 0 Å². The standard InChI is InChI=1S/C22H21N5O3/c23-9-16-8-20-19(11-26-16)18-3-2-14(6-15(18)13-30-20)7-17(10-24)27-22(28)21-12-25-4-1-5-29-21/h2-3,6,8,11,17,21,25H,1,4-5,7,12-13H2,(H,27,28)/t17-,21+/m1/s1. The molecule has 1 aromatic heterocycles. The van der Waals surface area contributed by atoms with Crippen LogP contribution in [0.1, 0.15) is 23.2 Å². The minimum absolute atomic E-state index is 0.273. The number of nitriles is 2. The fourth-order valence-corrected chi connectivity index (χ4v) is 3.64. The van der Waals surface area contributed by atoms with Crippen LogP contribution in [0.15, 0.2) is 30.5 Å². The van der Waals surface area contributed by atoms with Gasteiger partial charge in [-0.05, 0) is 29.7 Å². The third kappa shape index (κ3) is 4.25. The Labute approximate surface area is 174 Å². The highest BCUT2D eigenvalue weighted by atomic mass is 16.5. The molecule has 152 valence electrons. The van der Waals surface area contributed by atoms with Crippen LogP contribution in [0, 0.1) is 22.7 Å². The number of amides is 1. The maximum Gasteiger partial charge on any atom is 0.251 e. The maximum absolute atomic E-state index is 12.5. The summed E-state index contributed by atoms with van der Waals surface area (Å²) in [5.41, 5.74) is 4.05. The molecule has 0 unspecified atom stereocenters. The number of hydrogen-bond donors (Lipinski definition) is 2. The van der Waals surface area contributed by atoms with Gasteiger partial charge in [-0.15, -0.1) is 0 Å². The zero-order valence-electron chi connectivity index (χ0n) is 16.4. The predicted molar refractivity (Wildman–Crippen MR) is 107 cm³/mol. The van der Waals surface area contributed by atoms with Crippen LogP contribution in [0.25, 0.3) is 11.1 Å². The average Bonchev–Trinajstić information content (AvgIpc) is 3.07. The van der Waals surface area contributed by atoms with Gasteiger partial charge in [0.25, 0.3) is 5.91 Å². The number of carbonyl (C=O) groups excluding carboxylic acids is 1. The smallest absolute Gasteiger partial charge is 0.251 e. The van der Waals surface area contributed by atoms with Gasteiger partial charge in [-0.2, -0.15) is 10.5 Å². The predicted octanol–water partition coefficient (Wildman–Crippen LogP) is 1.44. The van der Waals surface area contributed by atoms with Gasteiger partial charge < -0.3 is 20.1 Å². The first-order chi connectivity index (χ1) is 14.7. The fraction of sp³-hybridized carbons (Fsp3) is 0.364. The van der Waals surface area contributed by atoms with Crippen molar-refractivity contribution in [2.24, 2.45) is 0 Å². The molecule has 0 spiro atoms. The number of benzene rings is 1. The van der Waals surface area contributed by atoms with Gasteiger partial charge in [0, 0.05) is 37.4 Å². The van der Waals surface area contributed by atoms with Crippen molar-refractivity contribution in [3.05, 3.63) is 47.3 Å². The number of carbonyl (C=O) groups is 1. The summed E-state index contributed by atoms with van der Waals surface area (Å²) in [6.07, 6.45) is 2.31. The second-order valence-electron chi connectivity index (χ2n) is 7.27. The number of hydrogen-bond acceptors (Lipinski definition) is 7. The summed E-state index contributed by atoms with van der Waals surface area (Å²) in [4.78, 5) is 16.6. The van der Waals surface area contributed by atoms with E-state index in [4.69, 9.17) is 14.7 Å². The molecule has 0 saturated carbocycles. The SMILES string of the molecule is N#Cc1cc2c(cn1)-c1ccc(C[C@H](C#N)NC(=O)[C@@H]3CNCCCO3)cc1CO2. The highest BCUT2D eigenvalue weighted by Gasteiger charge is 2.24. The van der Waals surface area contributed by atoms with E-state index in [1.54, 1.807) is 12.3 Å². The summed E-state index contributed by atoms with van der Waals surface area (Å²) in [7, 11) is 0. The molecule has 3 heterocycles. The number of rotatable bonds is 4. The van der Waals surface area contributed by atoms with E-state index in [0.29, 0.717) is 37.6 Å². The molecule has 2 atom stereocenters. The van der Waals surface area contributed by atoms with E-state index in [0.717, 1.165) is 35.2 Å². The second kappa shape index (κ2) is 8.91. The number of ether oxygens (including phenoxy) is 2. The molecular formula is C22H21N5O3. The molecule has 30 heavy (non-hydrogen) atoms. The molecule has 1 fully saturated rings. The third-order valence-electron chi connectivity index (χ3n) is 5.17. The molecule has 4 rings (SSSR count). The van der Waals surface area contributed by atoms with Crippen molar-refractivity contribution in [3.8, 4) is 29.0 Å². The molecule has 8 nitrogen and oxygen atoms in total. The van der Waals surface area contributed by atoms with E-state index < -0.39 is 12.1 Å². The normalized spacial score (nSPS) is 18.4. The van der Waals surface area contributed by atoms with Gasteiger partial charge in [0.05, 0.1) is 6.07 Å². The Morgan fingerprint density at radius 3 is 3.07 bits per heavy atom. The number of fused-ring (bicyclic) bond motifs is 3. The quantitative estimate of drug-likeness (QED) is 0.792. The molecule has 1 amide bonds. The lowest BCUT2D eigenvalue weighted by atomic mass is 9.94. The fourth-order valence-electron chi connectivity index (χ4n) is 3.64. The van der Waals surface area contributed by atoms with Gasteiger partial charge in [0.1, 0.15) is 36.3 Å². The van der Waals surface area contributed by atoms with Crippen LogP contribution in [0.2, 0.25) is 0 Å². The topological polar surface area (TPSA) is 120 Å². The molecule has 1 aromatic carbocycles. The Kier molecular flexibility index (Phi) is 5.89. The monoisotopic (exact) mass is 403 g/mol. The Morgan fingerprint density at radius 2 is 2.23 bits per heavy atom. The maximum atomic E-state index is 12.5. The number of pyridine rings is 1. The van der Waals surface area contributed by atoms with E-state index in [-0.39, 0.29) is 5.91 Å². The second-order valence-corrected chi connectivity index (χ2v) is 7.27. The van der Waals surface area contributed by atoms with Crippen LogP contribution in [0.5, 0.6) is 5.75 Å². The summed E-state index contributed by atoms with van der Waals surface area (Å²) >= 11 is 0. The molecular weight excluding hydrogens is 382 g/mol. The van der Waals surface area contributed by atoms with Gasteiger partial charge in [0.2, 0.25) is 0 Å². The molecule has 2 aliphatic heterocycles. The highest BCUT2D eigenvalue weighted by molar-refractivity contribution is 5.81. The molecule has 0 bridgehead atoms. The van der Waals surface area contributed by atoms with Crippen molar-refractivity contribution in [1.82, 2.24) is 15.6 Å². The Hall–Kier alpha value is -3.46. The summed E-state index contributed by atoms with van der Waals surface area (Å²) < 4.78 is 11.3. The molecule has 0 aliphatic carbocycles. The molecule has 2 N–H and O–H groups in total. The lowest BCUT2D eigenvalue weighted by Crippen LogP contribution is -2.46. The zero-order chi connectivity index (χ0) is 20.9. The molecule has 0 radical (unpaired) electrons. The molecule has 2 aliphatic rings. The largest absolute Gasteiger partial charge is 0.488 e. The minimum Gasteiger partial charge on any atom is -0.488 e. The van der Waals surface area contributed by atoms with Crippen LogP contribution in [-0.2, 0) is 22.6 Å². The zero-order valence-corrected chi connectivity index (χ0v) is 16.4. The van der Waals surface area contributed by atoms with Crippen molar-refractivity contribution in [1.29, 1.82) is 10.5 Å². The van der Waals surface area contributed by atoms with Crippen LogP contribution in [0.3, 0.4) is 0 Å². The lowest BCUT2D eigenvalue weighted by Gasteiger charge is -2.22.